The zero-order valence-electron chi connectivity index (χ0n) is 16.9. The fraction of sp³-hybridized carbons (Fsp3) is 0.240. The van der Waals surface area contributed by atoms with Gasteiger partial charge in [-0.3, -0.25) is 4.79 Å². The van der Waals surface area contributed by atoms with Gasteiger partial charge in [0.15, 0.2) is 11.6 Å². The van der Waals surface area contributed by atoms with E-state index in [1.165, 1.54) is 0 Å². The zero-order chi connectivity index (χ0) is 21.7. The van der Waals surface area contributed by atoms with Gasteiger partial charge in [0.1, 0.15) is 12.4 Å². The standard InChI is InChI=1S/C25H23F2NO3/c26-21-9-10-22(27)23(16-21)31-17-18-5-4-6-19(15-18)24(29)28-25(11-13-30-14-12-25)20-7-2-1-3-8-20/h1-10,15-16H,11-14,17H2,(H,28,29). The molecule has 31 heavy (non-hydrogen) atoms. The molecule has 3 aromatic rings. The molecule has 0 radical (unpaired) electrons. The lowest BCUT2D eigenvalue weighted by Gasteiger charge is -2.38. The Morgan fingerprint density at radius 2 is 1.74 bits per heavy atom. The van der Waals surface area contributed by atoms with E-state index in [9.17, 15) is 13.6 Å². The minimum absolute atomic E-state index is 0.0131. The van der Waals surface area contributed by atoms with Gasteiger partial charge in [-0.2, -0.15) is 0 Å². The summed E-state index contributed by atoms with van der Waals surface area (Å²) in [5, 5.41) is 3.21. The van der Waals surface area contributed by atoms with E-state index in [0.717, 1.165) is 23.8 Å². The molecule has 1 N–H and O–H groups in total. The van der Waals surface area contributed by atoms with Crippen LogP contribution in [0.3, 0.4) is 0 Å². The van der Waals surface area contributed by atoms with Crippen LogP contribution in [0.25, 0.3) is 0 Å². The summed E-state index contributed by atoms with van der Waals surface area (Å²) in [6.45, 7) is 1.16. The predicted molar refractivity (Wildman–Crippen MR) is 113 cm³/mol. The van der Waals surface area contributed by atoms with E-state index < -0.39 is 17.2 Å². The van der Waals surface area contributed by atoms with Crippen molar-refractivity contribution in [1.29, 1.82) is 0 Å². The Morgan fingerprint density at radius 1 is 0.968 bits per heavy atom. The van der Waals surface area contributed by atoms with Gasteiger partial charge in [0.2, 0.25) is 0 Å². The van der Waals surface area contributed by atoms with Gasteiger partial charge in [-0.25, -0.2) is 8.78 Å². The maximum Gasteiger partial charge on any atom is 0.251 e. The number of amides is 1. The van der Waals surface area contributed by atoms with Crippen molar-refractivity contribution in [1.82, 2.24) is 5.32 Å². The van der Waals surface area contributed by atoms with Crippen molar-refractivity contribution in [2.75, 3.05) is 13.2 Å². The molecule has 0 saturated carbocycles. The first-order valence-electron chi connectivity index (χ1n) is 10.2. The maximum absolute atomic E-state index is 13.8. The molecule has 1 amide bonds. The first-order valence-corrected chi connectivity index (χ1v) is 10.2. The smallest absolute Gasteiger partial charge is 0.251 e. The molecule has 6 heteroatoms. The van der Waals surface area contributed by atoms with Gasteiger partial charge in [0.05, 0.1) is 5.54 Å². The summed E-state index contributed by atoms with van der Waals surface area (Å²) >= 11 is 0. The molecule has 0 bridgehead atoms. The fourth-order valence-electron chi connectivity index (χ4n) is 3.80. The summed E-state index contributed by atoms with van der Waals surface area (Å²) in [5.41, 5.74) is 1.71. The third kappa shape index (κ3) is 4.91. The van der Waals surface area contributed by atoms with Crippen molar-refractivity contribution in [3.05, 3.63) is 101 Å². The number of carbonyl (C=O) groups excluding carboxylic acids is 1. The Labute approximate surface area is 179 Å². The normalized spacial score (nSPS) is 15.3. The molecule has 0 spiro atoms. The van der Waals surface area contributed by atoms with Crippen LogP contribution in [-0.2, 0) is 16.9 Å². The van der Waals surface area contributed by atoms with E-state index >= 15 is 0 Å². The highest BCUT2D eigenvalue weighted by molar-refractivity contribution is 5.95. The Morgan fingerprint density at radius 3 is 2.52 bits per heavy atom. The molecule has 0 aromatic heterocycles. The number of hydrogen-bond acceptors (Lipinski definition) is 3. The van der Waals surface area contributed by atoms with Crippen LogP contribution in [0.1, 0.15) is 34.3 Å². The topological polar surface area (TPSA) is 47.6 Å². The van der Waals surface area contributed by atoms with E-state index in [-0.39, 0.29) is 18.3 Å². The Kier molecular flexibility index (Phi) is 6.28. The summed E-state index contributed by atoms with van der Waals surface area (Å²) in [4.78, 5) is 13.1. The third-order valence-electron chi connectivity index (χ3n) is 5.50. The van der Waals surface area contributed by atoms with Crippen LogP contribution in [0, 0.1) is 11.6 Å². The van der Waals surface area contributed by atoms with Gasteiger partial charge in [-0.15, -0.1) is 0 Å². The van der Waals surface area contributed by atoms with Crippen molar-refractivity contribution in [3.63, 3.8) is 0 Å². The number of ether oxygens (including phenoxy) is 2. The van der Waals surface area contributed by atoms with E-state index in [1.54, 1.807) is 24.3 Å². The summed E-state index contributed by atoms with van der Waals surface area (Å²) in [5.74, 6) is -1.59. The number of nitrogens with one attached hydrogen (secondary N) is 1. The number of hydrogen-bond donors (Lipinski definition) is 1. The second-order valence-corrected chi connectivity index (χ2v) is 7.58. The van der Waals surface area contributed by atoms with Gasteiger partial charge < -0.3 is 14.8 Å². The van der Waals surface area contributed by atoms with E-state index in [2.05, 4.69) is 5.32 Å². The fourth-order valence-corrected chi connectivity index (χ4v) is 3.80. The highest BCUT2D eigenvalue weighted by Crippen LogP contribution is 2.32. The van der Waals surface area contributed by atoms with Gasteiger partial charge >= 0.3 is 0 Å². The SMILES string of the molecule is O=C(NC1(c2ccccc2)CCOCC1)c1cccc(COc2cc(F)ccc2F)c1. The predicted octanol–water partition coefficient (Wildman–Crippen LogP) is 4.98. The number of benzene rings is 3. The zero-order valence-corrected chi connectivity index (χ0v) is 16.9. The molecule has 160 valence electrons. The molecular weight excluding hydrogens is 400 g/mol. The van der Waals surface area contributed by atoms with Crippen molar-refractivity contribution in [2.45, 2.75) is 25.0 Å². The highest BCUT2D eigenvalue weighted by atomic mass is 19.1. The quantitative estimate of drug-likeness (QED) is 0.608. The van der Waals surface area contributed by atoms with Crippen LogP contribution >= 0.6 is 0 Å². The van der Waals surface area contributed by atoms with Crippen LogP contribution < -0.4 is 10.1 Å². The Hall–Kier alpha value is -3.25. The molecule has 1 saturated heterocycles. The van der Waals surface area contributed by atoms with Crippen LogP contribution in [-0.4, -0.2) is 19.1 Å². The number of halogens is 2. The number of carbonyl (C=O) groups is 1. The minimum atomic E-state index is -0.639. The molecular formula is C25H23F2NO3. The second kappa shape index (κ2) is 9.27. The first-order chi connectivity index (χ1) is 15.1. The molecule has 0 unspecified atom stereocenters. The van der Waals surface area contributed by atoms with Crippen LogP contribution in [0.2, 0.25) is 0 Å². The third-order valence-corrected chi connectivity index (χ3v) is 5.50. The van der Waals surface area contributed by atoms with Crippen LogP contribution in [0.4, 0.5) is 8.78 Å². The van der Waals surface area contributed by atoms with Gasteiger partial charge in [0.25, 0.3) is 5.91 Å². The van der Waals surface area contributed by atoms with Crippen molar-refractivity contribution in [3.8, 4) is 5.75 Å². The van der Waals surface area contributed by atoms with Crippen LogP contribution in [0.15, 0.2) is 72.8 Å². The lowest BCUT2D eigenvalue weighted by molar-refractivity contribution is 0.0345. The van der Waals surface area contributed by atoms with E-state index in [1.807, 2.05) is 30.3 Å². The molecule has 1 heterocycles. The summed E-state index contributed by atoms with van der Waals surface area (Å²) in [6, 6.07) is 19.9. The molecule has 0 aliphatic carbocycles. The molecule has 1 fully saturated rings. The first kappa shape index (κ1) is 21.0. The summed E-state index contributed by atoms with van der Waals surface area (Å²) in [7, 11) is 0. The molecule has 0 atom stereocenters. The lowest BCUT2D eigenvalue weighted by atomic mass is 9.82. The van der Waals surface area contributed by atoms with Crippen molar-refractivity contribution < 1.29 is 23.0 Å². The molecule has 4 rings (SSSR count). The number of rotatable bonds is 6. The van der Waals surface area contributed by atoms with Gasteiger partial charge in [0, 0.05) is 24.8 Å². The molecule has 1 aliphatic heterocycles. The second-order valence-electron chi connectivity index (χ2n) is 7.58. The maximum atomic E-state index is 13.8. The molecule has 1 aliphatic rings. The lowest BCUT2D eigenvalue weighted by Crippen LogP contribution is -2.49. The van der Waals surface area contributed by atoms with Gasteiger partial charge in [-0.1, -0.05) is 42.5 Å². The largest absolute Gasteiger partial charge is 0.486 e. The Bertz CT molecular complexity index is 1050. The van der Waals surface area contributed by atoms with E-state index in [0.29, 0.717) is 37.2 Å². The molecule has 3 aromatic carbocycles. The van der Waals surface area contributed by atoms with Crippen LogP contribution in [0.5, 0.6) is 5.75 Å². The van der Waals surface area contributed by atoms with Gasteiger partial charge in [-0.05, 0) is 48.2 Å². The minimum Gasteiger partial charge on any atom is -0.486 e. The average Bonchev–Trinajstić information content (AvgIpc) is 2.81. The average molecular weight is 423 g/mol. The summed E-state index contributed by atoms with van der Waals surface area (Å²) < 4.78 is 38.0. The summed E-state index contributed by atoms with van der Waals surface area (Å²) in [6.07, 6.45) is 1.37. The van der Waals surface area contributed by atoms with Crippen molar-refractivity contribution >= 4 is 5.91 Å². The highest BCUT2D eigenvalue weighted by Gasteiger charge is 2.36. The Balaban J connectivity index is 1.50. The monoisotopic (exact) mass is 423 g/mol. The van der Waals surface area contributed by atoms with Crippen molar-refractivity contribution in [2.24, 2.45) is 0 Å². The van der Waals surface area contributed by atoms with E-state index in [4.69, 9.17) is 9.47 Å². The molecule has 4 nitrogen and oxygen atoms in total.